The monoisotopic (exact) mass is 428 g/mol. The van der Waals surface area contributed by atoms with E-state index in [1.807, 2.05) is 0 Å². The van der Waals surface area contributed by atoms with E-state index in [2.05, 4.69) is 107 Å². The number of benzene rings is 3. The van der Waals surface area contributed by atoms with Gasteiger partial charge in [-0.05, 0) is 54.2 Å². The summed E-state index contributed by atoms with van der Waals surface area (Å²) in [5.41, 5.74) is 5.28. The molecule has 28 heavy (non-hydrogen) atoms. The Bertz CT molecular complexity index is 952. The molecule has 0 radical (unpaired) electrons. The second-order valence-electron chi connectivity index (χ2n) is 9.58. The lowest BCUT2D eigenvalue weighted by molar-refractivity contribution is 0.244. The highest BCUT2D eigenvalue weighted by Crippen LogP contribution is 2.79. The fraction of sp³-hybridized carbons (Fsp3) is 0.333. The molecule has 2 unspecified atom stereocenters. The Labute approximate surface area is 176 Å². The average Bonchev–Trinajstić information content (AvgIpc) is 3.07. The zero-order chi connectivity index (χ0) is 18.9. The molecule has 3 aromatic rings. The Morgan fingerprint density at radius 2 is 0.857 bits per heavy atom. The molecule has 4 saturated carbocycles. The van der Waals surface area contributed by atoms with Crippen molar-refractivity contribution in [3.8, 4) is 0 Å². The van der Waals surface area contributed by atoms with Crippen molar-refractivity contribution in [2.45, 2.75) is 52.7 Å². The van der Waals surface area contributed by atoms with E-state index in [4.69, 9.17) is 0 Å². The SMILES string of the molecule is BrC12CC3(c4ccccc4)CC(c4ccccc4)(C1)C(c1ccccc1)(C2)C3. The molecule has 140 valence electrons. The second-order valence-corrected chi connectivity index (χ2v) is 11.3. The molecule has 0 amide bonds. The number of hydrogen-bond acceptors (Lipinski definition) is 0. The predicted molar refractivity (Wildman–Crippen MR) is 119 cm³/mol. The maximum Gasteiger partial charge on any atom is 0.0284 e. The zero-order valence-corrected chi connectivity index (χ0v) is 17.7. The van der Waals surface area contributed by atoms with Gasteiger partial charge in [0, 0.05) is 15.2 Å². The molecule has 7 rings (SSSR count). The molecule has 0 saturated heterocycles. The first-order valence-corrected chi connectivity index (χ1v) is 11.2. The Kier molecular flexibility index (Phi) is 3.41. The first-order chi connectivity index (χ1) is 13.6. The molecular formula is C27H25Br. The van der Waals surface area contributed by atoms with Crippen molar-refractivity contribution in [1.29, 1.82) is 0 Å². The van der Waals surface area contributed by atoms with Crippen LogP contribution in [-0.2, 0) is 16.2 Å². The van der Waals surface area contributed by atoms with Gasteiger partial charge in [-0.3, -0.25) is 0 Å². The Hall–Kier alpha value is -1.86. The molecule has 4 aliphatic rings. The zero-order valence-electron chi connectivity index (χ0n) is 16.1. The minimum Gasteiger partial charge on any atom is -0.0852 e. The Balaban J connectivity index is 1.64. The largest absolute Gasteiger partial charge is 0.0852 e. The third-order valence-corrected chi connectivity index (χ3v) is 8.97. The van der Waals surface area contributed by atoms with Gasteiger partial charge < -0.3 is 0 Å². The first-order valence-electron chi connectivity index (χ1n) is 10.5. The van der Waals surface area contributed by atoms with E-state index in [0.717, 1.165) is 0 Å². The average molecular weight is 429 g/mol. The van der Waals surface area contributed by atoms with Crippen molar-refractivity contribution in [2.75, 3.05) is 0 Å². The van der Waals surface area contributed by atoms with Crippen molar-refractivity contribution in [1.82, 2.24) is 0 Å². The van der Waals surface area contributed by atoms with Crippen molar-refractivity contribution in [3.63, 3.8) is 0 Å². The summed E-state index contributed by atoms with van der Waals surface area (Å²) in [4.78, 5) is 0. The molecule has 0 aromatic heterocycles. The van der Waals surface area contributed by atoms with Crippen LogP contribution in [0.3, 0.4) is 0 Å². The second kappa shape index (κ2) is 5.60. The van der Waals surface area contributed by atoms with Gasteiger partial charge in [0.05, 0.1) is 0 Å². The summed E-state index contributed by atoms with van der Waals surface area (Å²) in [7, 11) is 0. The normalized spacial score (nSPS) is 38.0. The van der Waals surface area contributed by atoms with E-state index in [9.17, 15) is 0 Å². The maximum atomic E-state index is 4.30. The summed E-state index contributed by atoms with van der Waals surface area (Å²) in [6, 6.07) is 34.2. The molecule has 1 heteroatoms. The summed E-state index contributed by atoms with van der Waals surface area (Å²) in [5.74, 6) is 0. The summed E-state index contributed by atoms with van der Waals surface area (Å²) in [6.07, 6.45) is 6.26. The van der Waals surface area contributed by atoms with Gasteiger partial charge in [0.15, 0.2) is 0 Å². The number of halogens is 1. The van der Waals surface area contributed by atoms with Crippen LogP contribution in [0.4, 0.5) is 0 Å². The van der Waals surface area contributed by atoms with E-state index in [0.29, 0.717) is 0 Å². The van der Waals surface area contributed by atoms with Gasteiger partial charge >= 0.3 is 0 Å². The predicted octanol–water partition coefficient (Wildman–Crippen LogP) is 6.93. The Morgan fingerprint density at radius 3 is 1.29 bits per heavy atom. The molecule has 3 aromatic carbocycles. The third-order valence-electron chi connectivity index (χ3n) is 8.13. The molecule has 2 atom stereocenters. The van der Waals surface area contributed by atoms with E-state index >= 15 is 0 Å². The summed E-state index contributed by atoms with van der Waals surface area (Å²) in [6.45, 7) is 0. The maximum absolute atomic E-state index is 4.30. The molecule has 4 fully saturated rings. The number of hydrogen-bond donors (Lipinski definition) is 0. The van der Waals surface area contributed by atoms with E-state index < -0.39 is 0 Å². The minimum atomic E-state index is 0.202. The van der Waals surface area contributed by atoms with E-state index in [-0.39, 0.29) is 20.6 Å². The van der Waals surface area contributed by atoms with Crippen molar-refractivity contribution in [2.24, 2.45) is 0 Å². The van der Waals surface area contributed by atoms with Gasteiger partial charge in [-0.25, -0.2) is 0 Å². The molecule has 4 aliphatic carbocycles. The van der Waals surface area contributed by atoms with Gasteiger partial charge in [0.1, 0.15) is 0 Å². The summed E-state index contributed by atoms with van der Waals surface area (Å²) in [5, 5.41) is 0. The van der Waals surface area contributed by atoms with Crippen LogP contribution in [0.1, 0.15) is 48.8 Å². The highest BCUT2D eigenvalue weighted by Gasteiger charge is 2.76. The topological polar surface area (TPSA) is 0 Å². The van der Waals surface area contributed by atoms with E-state index in [1.165, 1.54) is 48.8 Å². The smallest absolute Gasteiger partial charge is 0.0284 e. The lowest BCUT2D eigenvalue weighted by Crippen LogP contribution is -2.42. The van der Waals surface area contributed by atoms with Crippen LogP contribution in [-0.4, -0.2) is 4.32 Å². The summed E-state index contributed by atoms with van der Waals surface area (Å²) >= 11 is 4.30. The highest BCUT2D eigenvalue weighted by molar-refractivity contribution is 9.10. The highest BCUT2D eigenvalue weighted by atomic mass is 79.9. The number of rotatable bonds is 3. The van der Waals surface area contributed by atoms with Gasteiger partial charge in [-0.15, -0.1) is 0 Å². The van der Waals surface area contributed by atoms with Gasteiger partial charge in [-0.2, -0.15) is 0 Å². The van der Waals surface area contributed by atoms with Gasteiger partial charge in [0.25, 0.3) is 0 Å². The molecule has 0 N–H and O–H groups in total. The Morgan fingerprint density at radius 1 is 0.464 bits per heavy atom. The van der Waals surface area contributed by atoms with Gasteiger partial charge in [0.2, 0.25) is 0 Å². The van der Waals surface area contributed by atoms with Crippen LogP contribution < -0.4 is 0 Å². The number of alkyl halides is 1. The molecule has 0 aliphatic heterocycles. The standard InChI is InChI=1S/C27H25Br/c28-25-16-24(21-10-4-1-5-11-21)17-26(19-25,22-12-6-2-7-13-22)27(18-24,20-25)23-14-8-3-9-15-23/h1-15H,16-20H2. The molecule has 0 heterocycles. The lowest BCUT2D eigenvalue weighted by atomic mass is 9.61. The van der Waals surface area contributed by atoms with Crippen LogP contribution in [0.5, 0.6) is 0 Å². The fourth-order valence-corrected chi connectivity index (χ4v) is 9.09. The lowest BCUT2D eigenvalue weighted by Gasteiger charge is -2.46. The molecular weight excluding hydrogens is 404 g/mol. The minimum absolute atomic E-state index is 0.202. The molecule has 0 nitrogen and oxygen atoms in total. The molecule has 4 bridgehead atoms. The van der Waals surface area contributed by atoms with Crippen molar-refractivity contribution >= 4 is 15.9 Å². The van der Waals surface area contributed by atoms with Crippen LogP contribution in [0.2, 0.25) is 0 Å². The van der Waals surface area contributed by atoms with Gasteiger partial charge in [-0.1, -0.05) is 107 Å². The third kappa shape index (κ3) is 2.06. The van der Waals surface area contributed by atoms with Crippen molar-refractivity contribution in [3.05, 3.63) is 108 Å². The quantitative estimate of drug-likeness (QED) is 0.396. The molecule has 0 spiro atoms. The van der Waals surface area contributed by atoms with Crippen LogP contribution in [0.15, 0.2) is 91.0 Å². The fourth-order valence-electron chi connectivity index (χ4n) is 7.59. The van der Waals surface area contributed by atoms with Crippen LogP contribution in [0, 0.1) is 0 Å². The summed E-state index contributed by atoms with van der Waals surface area (Å²) < 4.78 is 0.227. The van der Waals surface area contributed by atoms with Crippen molar-refractivity contribution < 1.29 is 0 Å². The first kappa shape index (κ1) is 17.0. The van der Waals surface area contributed by atoms with E-state index in [1.54, 1.807) is 0 Å². The van der Waals surface area contributed by atoms with Crippen LogP contribution >= 0.6 is 15.9 Å². The van der Waals surface area contributed by atoms with Crippen LogP contribution in [0.25, 0.3) is 0 Å².